The number of nitrogens with zero attached hydrogens (tertiary/aromatic N) is 1. The van der Waals surface area contributed by atoms with Crippen molar-refractivity contribution < 1.29 is 25.2 Å². The third kappa shape index (κ3) is 3.35. The highest BCUT2D eigenvalue weighted by Crippen LogP contribution is 2.27. The van der Waals surface area contributed by atoms with Crippen LogP contribution in [0.4, 0.5) is 4.79 Å². The number of rotatable bonds is 2. The Morgan fingerprint density at radius 3 is 2.33 bits per heavy atom. The minimum atomic E-state index is -1.60. The fourth-order valence-electron chi connectivity index (χ4n) is 1.78. The van der Waals surface area contributed by atoms with Crippen LogP contribution in [0.2, 0.25) is 0 Å². The predicted octanol–water partition coefficient (Wildman–Crippen LogP) is 1.53. The lowest BCUT2D eigenvalue weighted by Gasteiger charge is -2.30. The Balaban J connectivity index is 2.99. The zero-order valence-electron chi connectivity index (χ0n) is 12.5. The molecule has 0 aromatic rings. The Labute approximate surface area is 109 Å². The molecule has 1 saturated heterocycles. The Bertz CT molecular complexity index is 368. The molecule has 6 nitrogen and oxygen atoms in total. The van der Waals surface area contributed by atoms with Gasteiger partial charge in [-0.05, 0) is 33.6 Å². The third-order valence-electron chi connectivity index (χ3n) is 2.51. The molecule has 104 valence electrons. The summed E-state index contributed by atoms with van der Waals surface area (Å²) >= 11 is 0. The molecule has 0 radical (unpaired) electrons. The highest BCUT2D eigenvalue weighted by atomic mass is 16.6. The largest absolute Gasteiger partial charge is 0.467 e. The molecule has 0 spiro atoms. The summed E-state index contributed by atoms with van der Waals surface area (Å²) in [7, 11) is 2.57. The molecule has 6 heteroatoms. The summed E-state index contributed by atoms with van der Waals surface area (Å²) in [6, 6.07) is -0.850. The maximum absolute atomic E-state index is 12.2. The van der Waals surface area contributed by atoms with Crippen molar-refractivity contribution in [1.29, 1.82) is 0 Å². The van der Waals surface area contributed by atoms with Gasteiger partial charge in [0.25, 0.3) is 0 Å². The second kappa shape index (κ2) is 5.56. The van der Waals surface area contributed by atoms with Gasteiger partial charge in [-0.15, -0.1) is 0 Å². The third-order valence-corrected chi connectivity index (χ3v) is 2.51. The number of esters is 1. The van der Waals surface area contributed by atoms with E-state index in [2.05, 4.69) is 4.74 Å². The summed E-state index contributed by atoms with van der Waals surface area (Å²) in [5, 5.41) is 0. The van der Waals surface area contributed by atoms with Crippen molar-refractivity contribution in [2.75, 3.05) is 14.2 Å². The van der Waals surface area contributed by atoms with Crippen molar-refractivity contribution in [2.45, 2.75) is 51.5 Å². The molecule has 0 N–H and O–H groups in total. The van der Waals surface area contributed by atoms with E-state index in [0.717, 1.165) is 4.90 Å². The number of methoxy groups -OCH3 is 2. The average molecular weight is 260 g/mol. The van der Waals surface area contributed by atoms with Crippen LogP contribution in [0.25, 0.3) is 0 Å². The normalized spacial score (nSPS) is 28.8. The molecule has 0 aliphatic carbocycles. The van der Waals surface area contributed by atoms with Crippen molar-refractivity contribution in [1.82, 2.24) is 4.90 Å². The Morgan fingerprint density at radius 2 is 1.89 bits per heavy atom. The van der Waals surface area contributed by atoms with Crippen LogP contribution in [0.1, 0.15) is 35.0 Å². The maximum Gasteiger partial charge on any atom is 0.413 e. The van der Waals surface area contributed by atoms with Crippen molar-refractivity contribution in [3.05, 3.63) is 0 Å². The van der Waals surface area contributed by atoms with E-state index in [-0.39, 0.29) is 6.42 Å². The van der Waals surface area contributed by atoms with Crippen LogP contribution in [-0.4, -0.2) is 49.0 Å². The van der Waals surface area contributed by atoms with Gasteiger partial charge in [-0.2, -0.15) is 0 Å². The van der Waals surface area contributed by atoms with Crippen LogP contribution in [0.5, 0.6) is 0 Å². The van der Waals surface area contributed by atoms with E-state index in [9.17, 15) is 9.59 Å². The number of carbonyl (C=O) groups excluding carboxylic acids is 2. The number of hydrogen-bond donors (Lipinski definition) is 0. The van der Waals surface area contributed by atoms with Crippen LogP contribution in [-0.2, 0) is 19.0 Å². The molecule has 0 bridgehead atoms. The minimum Gasteiger partial charge on any atom is -0.467 e. The van der Waals surface area contributed by atoms with Crippen LogP contribution in [0.3, 0.4) is 0 Å². The van der Waals surface area contributed by atoms with Gasteiger partial charge in [-0.25, -0.2) is 9.59 Å². The molecule has 2 atom stereocenters. The SMILES string of the molecule is [2H]C1(OC)CC[C@@H](C(=O)OC)N1C(=O)OC(C)(C)C. The standard InChI is InChI=1S/C12H21NO5/c1-12(2,3)18-11(15)13-8(10(14)17-5)6-7-9(13)16-4/h8-9H,6-7H2,1-5H3/t8-,9?/m0/s1/i9D. The topological polar surface area (TPSA) is 65.1 Å². The molecule has 1 rings (SSSR count). The van der Waals surface area contributed by atoms with Gasteiger partial charge < -0.3 is 14.2 Å². The molecule has 1 fully saturated rings. The first-order chi connectivity index (χ1) is 8.64. The lowest BCUT2D eigenvalue weighted by Crippen LogP contribution is -2.48. The molecule has 0 aromatic heterocycles. The van der Waals surface area contributed by atoms with Gasteiger partial charge in [0.05, 0.1) is 8.48 Å². The van der Waals surface area contributed by atoms with Gasteiger partial charge in [0, 0.05) is 7.11 Å². The highest BCUT2D eigenvalue weighted by molar-refractivity contribution is 5.82. The fraction of sp³-hybridized carbons (Fsp3) is 0.833. The molecule has 1 heterocycles. The van der Waals surface area contributed by atoms with Gasteiger partial charge in [0.1, 0.15) is 17.8 Å². The molecular formula is C12H21NO5. The van der Waals surface area contributed by atoms with Crippen molar-refractivity contribution in [2.24, 2.45) is 0 Å². The summed E-state index contributed by atoms with van der Waals surface area (Å²) in [5.74, 6) is -0.572. The van der Waals surface area contributed by atoms with Gasteiger partial charge in [-0.3, -0.25) is 4.90 Å². The summed E-state index contributed by atoms with van der Waals surface area (Å²) < 4.78 is 23.1. The number of amides is 1. The van der Waals surface area contributed by atoms with Crippen molar-refractivity contribution in [3.63, 3.8) is 0 Å². The molecule has 0 saturated carbocycles. The van der Waals surface area contributed by atoms with E-state index in [4.69, 9.17) is 10.8 Å². The Morgan fingerprint density at radius 1 is 1.28 bits per heavy atom. The van der Waals surface area contributed by atoms with Crippen LogP contribution >= 0.6 is 0 Å². The molecule has 1 amide bonds. The Hall–Kier alpha value is -1.30. The summed E-state index contributed by atoms with van der Waals surface area (Å²) in [6.45, 7) is 5.14. The van der Waals surface area contributed by atoms with Gasteiger partial charge in [-0.1, -0.05) is 0 Å². The van der Waals surface area contributed by atoms with Gasteiger partial charge in [0.2, 0.25) is 0 Å². The van der Waals surface area contributed by atoms with Crippen LogP contribution in [0, 0.1) is 0 Å². The minimum absolute atomic E-state index is 0.225. The fourth-order valence-corrected chi connectivity index (χ4v) is 1.78. The first kappa shape index (κ1) is 13.1. The summed E-state index contributed by atoms with van der Waals surface area (Å²) in [6.07, 6.45) is -1.82. The van der Waals surface area contributed by atoms with E-state index < -0.39 is 29.9 Å². The van der Waals surface area contributed by atoms with E-state index in [1.807, 2.05) is 0 Å². The van der Waals surface area contributed by atoms with Crippen molar-refractivity contribution >= 4 is 12.1 Å². The number of carbonyl (C=O) groups is 2. The summed E-state index contributed by atoms with van der Waals surface area (Å²) in [5.41, 5.74) is -0.713. The molecule has 18 heavy (non-hydrogen) atoms. The number of ether oxygens (including phenoxy) is 3. The van der Waals surface area contributed by atoms with E-state index in [0.29, 0.717) is 6.42 Å². The molecule has 0 aromatic carbocycles. The Kier molecular flexibility index (Phi) is 4.06. The zero-order chi connectivity index (χ0) is 14.8. The van der Waals surface area contributed by atoms with E-state index in [1.54, 1.807) is 20.8 Å². The summed E-state index contributed by atoms with van der Waals surface area (Å²) in [4.78, 5) is 24.9. The predicted molar refractivity (Wildman–Crippen MR) is 63.9 cm³/mol. The smallest absolute Gasteiger partial charge is 0.413 e. The monoisotopic (exact) mass is 260 g/mol. The number of hydrogen-bond acceptors (Lipinski definition) is 5. The van der Waals surface area contributed by atoms with Gasteiger partial charge >= 0.3 is 12.1 Å². The molecule has 1 aliphatic heterocycles. The second-order valence-electron chi connectivity index (χ2n) is 5.03. The first-order valence-electron chi connectivity index (χ1n) is 6.30. The number of likely N-dealkylation sites (tertiary alicyclic amines) is 1. The molecule has 1 unspecified atom stereocenters. The van der Waals surface area contributed by atoms with E-state index in [1.165, 1.54) is 14.2 Å². The lowest BCUT2D eigenvalue weighted by atomic mass is 10.2. The maximum atomic E-state index is 12.2. The van der Waals surface area contributed by atoms with Crippen molar-refractivity contribution in [3.8, 4) is 0 Å². The second-order valence-corrected chi connectivity index (χ2v) is 5.03. The highest BCUT2D eigenvalue weighted by Gasteiger charge is 2.43. The lowest BCUT2D eigenvalue weighted by molar-refractivity contribution is -0.148. The quantitative estimate of drug-likeness (QED) is 0.704. The molecule has 1 aliphatic rings. The van der Waals surface area contributed by atoms with Crippen LogP contribution in [0.15, 0.2) is 0 Å². The average Bonchev–Trinajstić information content (AvgIpc) is 2.64. The first-order valence-corrected chi connectivity index (χ1v) is 5.80. The van der Waals surface area contributed by atoms with Crippen LogP contribution < -0.4 is 0 Å². The van der Waals surface area contributed by atoms with E-state index >= 15 is 0 Å². The zero-order valence-corrected chi connectivity index (χ0v) is 11.5. The molecular weight excluding hydrogens is 238 g/mol. The van der Waals surface area contributed by atoms with Gasteiger partial charge in [0.15, 0.2) is 0 Å².